The van der Waals surface area contributed by atoms with E-state index in [0.29, 0.717) is 24.6 Å². The van der Waals surface area contributed by atoms with Gasteiger partial charge in [0.05, 0.1) is 54.9 Å². The summed E-state index contributed by atoms with van der Waals surface area (Å²) in [5.74, 6) is 1.40. The lowest BCUT2D eigenvalue weighted by atomic mass is 10.0. The van der Waals surface area contributed by atoms with E-state index in [1.54, 1.807) is 11.1 Å². The van der Waals surface area contributed by atoms with Crippen molar-refractivity contribution in [3.05, 3.63) is 120 Å². The molecule has 2 aliphatic rings. The molecule has 0 aliphatic carbocycles. The second-order valence-electron chi connectivity index (χ2n) is 15.3. The lowest BCUT2D eigenvalue weighted by Gasteiger charge is -2.34. The van der Waals surface area contributed by atoms with E-state index in [-0.39, 0.29) is 36.4 Å². The third-order valence-electron chi connectivity index (χ3n) is 11.8. The highest BCUT2D eigenvalue weighted by atomic mass is 16.5. The molecule has 3 amide bonds. The van der Waals surface area contributed by atoms with Gasteiger partial charge < -0.3 is 29.8 Å². The number of hydrogen-bond acceptors (Lipinski definition) is 9. The van der Waals surface area contributed by atoms with Gasteiger partial charge in [0.1, 0.15) is 23.7 Å². The average molecular weight is 810 g/mol. The molecule has 4 atom stereocenters. The minimum absolute atomic E-state index is 0.102. The van der Waals surface area contributed by atoms with Gasteiger partial charge in [0.15, 0.2) is 0 Å². The zero-order valence-electron chi connectivity index (χ0n) is 34.2. The first-order valence-electron chi connectivity index (χ1n) is 20.7. The maximum atomic E-state index is 14.2. The van der Waals surface area contributed by atoms with E-state index in [2.05, 4.69) is 110 Å². The molecule has 0 spiro atoms. The first-order valence-corrected chi connectivity index (χ1v) is 20.7. The zero-order chi connectivity index (χ0) is 41.6. The van der Waals surface area contributed by atoms with Gasteiger partial charge in [-0.15, -0.1) is 0 Å². The summed E-state index contributed by atoms with van der Waals surface area (Å²) in [7, 11) is 1.27. The summed E-state index contributed by atoms with van der Waals surface area (Å²) in [5, 5.41) is 13.1. The van der Waals surface area contributed by atoms with Crippen LogP contribution in [-0.2, 0) is 20.7 Å². The summed E-state index contributed by atoms with van der Waals surface area (Å²) in [6.07, 6.45) is 8.04. The zero-order valence-corrected chi connectivity index (χ0v) is 34.2. The number of methoxy groups -OCH3 is 1. The van der Waals surface area contributed by atoms with Gasteiger partial charge in [-0.3, -0.25) is 14.5 Å². The molecule has 15 nitrogen and oxygen atoms in total. The number of nitrogens with zero attached hydrogens (tertiary/aromatic N) is 7. The van der Waals surface area contributed by atoms with Crippen molar-refractivity contribution in [3.8, 4) is 33.6 Å². The van der Waals surface area contributed by atoms with Crippen LogP contribution in [-0.4, -0.2) is 107 Å². The molecule has 1 unspecified atom stereocenters. The molecule has 8 rings (SSSR count). The SMILES string of the molecule is CCN(CC)[C@@H](C(=O)N1CCC[C@H]1c1ncc(-c2ccc(-c3ccc(-c4cnc([C@@H]5CCCN5C(=O)C(Cc5cn[nH]n5)NC(=O)OC)[nH]4)cc3)cc2)[nH]1)c1ccccc1. The smallest absolute Gasteiger partial charge is 0.407 e. The van der Waals surface area contributed by atoms with Crippen LogP contribution >= 0.6 is 0 Å². The second-order valence-corrected chi connectivity index (χ2v) is 15.3. The maximum absolute atomic E-state index is 14.2. The van der Waals surface area contributed by atoms with Crippen molar-refractivity contribution in [2.75, 3.05) is 33.3 Å². The van der Waals surface area contributed by atoms with Gasteiger partial charge in [-0.1, -0.05) is 92.7 Å². The Morgan fingerprint density at radius 1 is 0.750 bits per heavy atom. The Balaban J connectivity index is 0.924. The van der Waals surface area contributed by atoms with Crippen LogP contribution in [0.5, 0.6) is 0 Å². The molecule has 0 radical (unpaired) electrons. The van der Waals surface area contributed by atoms with Crippen LogP contribution in [0.25, 0.3) is 33.6 Å². The van der Waals surface area contributed by atoms with Gasteiger partial charge >= 0.3 is 6.09 Å². The van der Waals surface area contributed by atoms with E-state index in [1.807, 2.05) is 29.3 Å². The molecule has 15 heteroatoms. The number of likely N-dealkylation sites (N-methyl/N-ethyl adjacent to an activating group) is 1. The number of amides is 3. The molecule has 2 fully saturated rings. The molecule has 0 saturated carbocycles. The molecular weight excluding hydrogens is 759 g/mol. The van der Waals surface area contributed by atoms with E-state index in [1.165, 1.54) is 13.3 Å². The van der Waals surface area contributed by atoms with Crippen molar-refractivity contribution in [3.63, 3.8) is 0 Å². The van der Waals surface area contributed by atoms with E-state index in [0.717, 1.165) is 83.8 Å². The van der Waals surface area contributed by atoms with Gasteiger partial charge in [-0.05, 0) is 66.6 Å². The normalized spacial score (nSPS) is 17.5. The molecule has 2 aliphatic heterocycles. The summed E-state index contributed by atoms with van der Waals surface area (Å²) in [5.41, 5.74) is 7.47. The van der Waals surface area contributed by atoms with Crippen LogP contribution in [0, 0.1) is 0 Å². The minimum atomic E-state index is -0.868. The van der Waals surface area contributed by atoms with Crippen LogP contribution in [0.4, 0.5) is 4.79 Å². The standard InChI is InChI=1S/C45H51N11O4/c1-4-54(5-2)40(33-11-7-6-8-12-33)44(58)56-24-10-14-39(56)42-47-28-37(50-42)32-21-17-30(18-22-32)29-15-19-31(20-16-29)36-27-46-41(49-36)38-13-9-23-55(38)43(57)35(51-45(59)60-3)25-34-26-48-53-52-34/h6-8,11-12,15-22,26-28,35,38-40H,4-5,9-10,13-14,23-25H2,1-3H3,(H,46,49)(H,47,50)(H,51,59)(H,48,52,53)/t35?,38-,39-,40+/m0/s1. The molecule has 3 aromatic carbocycles. The first kappa shape index (κ1) is 40.2. The van der Waals surface area contributed by atoms with Crippen molar-refractivity contribution in [2.24, 2.45) is 0 Å². The Kier molecular flexibility index (Phi) is 12.1. The molecule has 4 N–H and O–H groups in total. The molecule has 5 heterocycles. The van der Waals surface area contributed by atoms with Crippen LogP contribution in [0.2, 0.25) is 0 Å². The van der Waals surface area contributed by atoms with E-state index >= 15 is 0 Å². The quantitative estimate of drug-likeness (QED) is 0.0940. The lowest BCUT2D eigenvalue weighted by molar-refractivity contribution is -0.138. The predicted octanol–water partition coefficient (Wildman–Crippen LogP) is 6.63. The van der Waals surface area contributed by atoms with Gasteiger partial charge in [0.25, 0.3) is 0 Å². The van der Waals surface area contributed by atoms with E-state index in [4.69, 9.17) is 14.7 Å². The minimum Gasteiger partial charge on any atom is -0.453 e. The monoisotopic (exact) mass is 809 g/mol. The predicted molar refractivity (Wildman–Crippen MR) is 226 cm³/mol. The third-order valence-corrected chi connectivity index (χ3v) is 11.8. The molecule has 60 heavy (non-hydrogen) atoms. The fourth-order valence-electron chi connectivity index (χ4n) is 8.64. The number of aromatic nitrogens is 7. The Bertz CT molecular complexity index is 2360. The number of nitrogens with one attached hydrogen (secondary N) is 4. The largest absolute Gasteiger partial charge is 0.453 e. The van der Waals surface area contributed by atoms with Gasteiger partial charge in [-0.25, -0.2) is 14.8 Å². The number of imidazole rings is 2. The number of H-pyrrole nitrogens is 3. The number of ether oxygens (including phenoxy) is 1. The number of rotatable bonds is 14. The first-order chi connectivity index (χ1) is 29.3. The van der Waals surface area contributed by atoms with Gasteiger partial charge in [-0.2, -0.15) is 15.4 Å². The summed E-state index contributed by atoms with van der Waals surface area (Å²) < 4.78 is 4.79. The molecule has 6 aromatic rings. The Labute approximate surface area is 349 Å². The lowest BCUT2D eigenvalue weighted by Crippen LogP contribution is -2.49. The molecule has 3 aromatic heterocycles. The summed E-state index contributed by atoms with van der Waals surface area (Å²) in [6.45, 7) is 7.04. The van der Waals surface area contributed by atoms with Crippen molar-refractivity contribution >= 4 is 17.9 Å². The third kappa shape index (κ3) is 8.43. The molecular formula is C45H51N11O4. The number of alkyl carbamates (subject to hydrolysis) is 1. The van der Waals surface area contributed by atoms with Crippen LogP contribution in [0.15, 0.2) is 97.5 Å². The number of hydrogen-bond donors (Lipinski definition) is 4. The van der Waals surface area contributed by atoms with Crippen molar-refractivity contribution < 1.29 is 19.1 Å². The molecule has 0 bridgehead atoms. The maximum Gasteiger partial charge on any atom is 0.407 e. The van der Waals surface area contributed by atoms with Gasteiger partial charge in [0.2, 0.25) is 11.8 Å². The van der Waals surface area contributed by atoms with Gasteiger partial charge in [0, 0.05) is 19.5 Å². The average Bonchev–Trinajstić information content (AvgIpc) is 4.15. The topological polar surface area (TPSA) is 181 Å². The molecule has 2 saturated heterocycles. The van der Waals surface area contributed by atoms with Crippen LogP contribution in [0.1, 0.15) is 80.6 Å². The Morgan fingerprint density at radius 2 is 1.28 bits per heavy atom. The van der Waals surface area contributed by atoms with Crippen molar-refractivity contribution in [1.82, 2.24) is 55.4 Å². The summed E-state index contributed by atoms with van der Waals surface area (Å²) >= 11 is 0. The van der Waals surface area contributed by atoms with Crippen molar-refractivity contribution in [1.29, 1.82) is 0 Å². The van der Waals surface area contributed by atoms with Crippen LogP contribution < -0.4 is 5.32 Å². The number of benzene rings is 3. The van der Waals surface area contributed by atoms with Crippen LogP contribution in [0.3, 0.4) is 0 Å². The highest BCUT2D eigenvalue weighted by Crippen LogP contribution is 2.36. The molecule has 310 valence electrons. The number of aromatic amines is 3. The number of likely N-dealkylation sites (tertiary alicyclic amines) is 2. The van der Waals surface area contributed by atoms with E-state index in [9.17, 15) is 14.4 Å². The summed E-state index contributed by atoms with van der Waals surface area (Å²) in [4.78, 5) is 62.7. The van der Waals surface area contributed by atoms with Crippen molar-refractivity contribution in [2.45, 2.75) is 70.1 Å². The fraction of sp³-hybridized carbons (Fsp3) is 0.356. The fourth-order valence-corrected chi connectivity index (χ4v) is 8.64. The second kappa shape index (κ2) is 18.1. The van der Waals surface area contributed by atoms with E-state index < -0.39 is 12.1 Å². The highest BCUT2D eigenvalue weighted by molar-refractivity contribution is 5.86. The number of carbonyl (C=O) groups is 3. The number of carbonyl (C=O) groups excluding carboxylic acids is 3. The Morgan fingerprint density at radius 3 is 1.78 bits per heavy atom. The summed E-state index contributed by atoms with van der Waals surface area (Å²) in [6, 6.07) is 25.2. The Hall–Kier alpha value is -6.61. The highest BCUT2D eigenvalue weighted by Gasteiger charge is 2.39.